The highest BCUT2D eigenvalue weighted by Gasteiger charge is 2.62. The lowest BCUT2D eigenvalue weighted by atomic mass is 9.90. The van der Waals surface area contributed by atoms with E-state index in [1.807, 2.05) is 0 Å². The molecular formula is C33H39FN6O9S. The number of sulfonamides is 1. The fourth-order valence-electron chi connectivity index (χ4n) is 6.93. The van der Waals surface area contributed by atoms with E-state index in [0.717, 1.165) is 6.08 Å². The van der Waals surface area contributed by atoms with Gasteiger partial charge in [0.05, 0.1) is 18.3 Å². The van der Waals surface area contributed by atoms with E-state index in [1.165, 1.54) is 39.8 Å². The van der Waals surface area contributed by atoms with Gasteiger partial charge >= 0.3 is 6.09 Å². The number of nitrogens with zero attached hydrogens (tertiary/aromatic N) is 3. The van der Waals surface area contributed by atoms with Crippen LogP contribution >= 0.6 is 0 Å². The Labute approximate surface area is 288 Å². The molecule has 3 N–H and O–H groups in total. The fourth-order valence-corrected chi connectivity index (χ4v) is 8.30. The number of amides is 6. The van der Waals surface area contributed by atoms with Gasteiger partial charge < -0.3 is 25.2 Å². The summed E-state index contributed by atoms with van der Waals surface area (Å²) in [6.45, 7) is 8.47. The summed E-state index contributed by atoms with van der Waals surface area (Å²) in [5.41, 5.74) is -0.647. The number of carbonyl (C=O) groups is 6. The number of nitrogens with one attached hydrogen (secondary N) is 3. The molecule has 0 bridgehead atoms. The van der Waals surface area contributed by atoms with Crippen molar-refractivity contribution in [3.63, 3.8) is 0 Å². The summed E-state index contributed by atoms with van der Waals surface area (Å²) in [7, 11) is -3.94. The van der Waals surface area contributed by atoms with Crippen LogP contribution in [0.1, 0.15) is 43.7 Å². The number of fused-ring (bicyclic) bond motifs is 1. The maximum absolute atomic E-state index is 14.4. The molecular weight excluding hydrogens is 675 g/mol. The van der Waals surface area contributed by atoms with Crippen molar-refractivity contribution >= 4 is 45.7 Å². The second-order valence-corrected chi connectivity index (χ2v) is 15.5. The molecule has 6 amide bonds. The Balaban J connectivity index is 1.22. The van der Waals surface area contributed by atoms with Crippen molar-refractivity contribution in [3.05, 3.63) is 60.5 Å². The van der Waals surface area contributed by atoms with E-state index in [1.54, 1.807) is 6.07 Å². The molecule has 6 rings (SSSR count). The van der Waals surface area contributed by atoms with Crippen LogP contribution in [0.15, 0.2) is 43.5 Å². The number of likely N-dealkylation sites (tertiary alicyclic amines) is 2. The lowest BCUT2D eigenvalue weighted by molar-refractivity contribution is -0.147. The molecule has 15 nitrogen and oxygen atoms in total. The largest absolute Gasteiger partial charge is 0.444 e. The number of halogens is 1. The van der Waals surface area contributed by atoms with Crippen molar-refractivity contribution in [2.24, 2.45) is 11.8 Å². The smallest absolute Gasteiger partial charge is 0.410 e. The minimum atomic E-state index is -3.94. The van der Waals surface area contributed by atoms with Gasteiger partial charge in [-0.1, -0.05) is 24.8 Å². The molecule has 1 aromatic rings. The Morgan fingerprint density at radius 2 is 1.78 bits per heavy atom. The van der Waals surface area contributed by atoms with E-state index in [4.69, 9.17) is 4.74 Å². The second kappa shape index (κ2) is 13.2. The predicted octanol–water partition coefficient (Wildman–Crippen LogP) is 0.0658. The molecule has 5 aliphatic rings. The maximum atomic E-state index is 14.4. The first kappa shape index (κ1) is 35.0. The number of carbonyl (C=O) groups excluding carboxylic acids is 6. The number of benzene rings is 1. The molecule has 2 aliphatic carbocycles. The molecule has 50 heavy (non-hydrogen) atoms. The molecule has 268 valence electrons. The lowest BCUT2D eigenvalue weighted by Crippen LogP contribution is -2.64. The molecule has 3 heterocycles. The number of hydrogen-bond donors (Lipinski definition) is 3. The predicted molar refractivity (Wildman–Crippen MR) is 173 cm³/mol. The van der Waals surface area contributed by atoms with Crippen molar-refractivity contribution in [1.29, 1.82) is 0 Å². The van der Waals surface area contributed by atoms with Crippen molar-refractivity contribution < 1.29 is 46.3 Å². The first-order chi connectivity index (χ1) is 23.7. The first-order valence-electron chi connectivity index (χ1n) is 16.4. The van der Waals surface area contributed by atoms with Gasteiger partial charge in [-0.15, -0.1) is 6.58 Å². The Hall–Kier alpha value is -4.80. The summed E-state index contributed by atoms with van der Waals surface area (Å²) < 4.78 is 47.4. The molecule has 0 spiro atoms. The summed E-state index contributed by atoms with van der Waals surface area (Å²) in [6.07, 6.45) is 1.49. The molecule has 2 saturated carbocycles. The molecule has 2 saturated heterocycles. The normalized spacial score (nSPS) is 26.2. The standard InChI is InChI=1S/C33H39FN6O9S/c1-4-21-12-33(21,31(45)37-50(47,48)23-9-10-23)36-29(43)26-11-22(49-32(46)39-13-19-7-6-8-25(34)24(19)17-39)16-40(26)30(44)28(35-18(3)41)20-14-38(15-20)27(42)5-2/h4-8,20-23,26,28H,1-2,9-17H2,3H3,(H,35,41)(H,36,43)(H,37,45)/t21?,22-,26+,28?,33-/m1/s1. The molecule has 1 aromatic carbocycles. The zero-order valence-corrected chi connectivity index (χ0v) is 28.2. The topological polar surface area (TPSA) is 192 Å². The highest BCUT2D eigenvalue weighted by molar-refractivity contribution is 7.91. The summed E-state index contributed by atoms with van der Waals surface area (Å²) >= 11 is 0. The maximum Gasteiger partial charge on any atom is 0.410 e. The van der Waals surface area contributed by atoms with Crippen molar-refractivity contribution in [1.82, 2.24) is 30.1 Å². The molecule has 5 atom stereocenters. The number of rotatable bonds is 11. The van der Waals surface area contributed by atoms with Crippen LogP contribution in [0.5, 0.6) is 0 Å². The summed E-state index contributed by atoms with van der Waals surface area (Å²) in [5, 5.41) is 4.61. The fraction of sp³-hybridized carbons (Fsp3) is 0.515. The third-order valence-electron chi connectivity index (χ3n) is 10.0. The number of hydrogen-bond acceptors (Lipinski definition) is 9. The Morgan fingerprint density at radius 1 is 1.06 bits per heavy atom. The Kier molecular flexibility index (Phi) is 9.22. The molecule has 4 fully saturated rings. The average Bonchev–Trinajstić information content (AvgIpc) is 3.93. The van der Waals surface area contributed by atoms with Gasteiger partial charge in [-0.2, -0.15) is 0 Å². The van der Waals surface area contributed by atoms with Gasteiger partial charge in [-0.25, -0.2) is 17.6 Å². The van der Waals surface area contributed by atoms with Gasteiger partial charge in [0.25, 0.3) is 5.91 Å². The zero-order valence-electron chi connectivity index (χ0n) is 27.4. The monoisotopic (exact) mass is 714 g/mol. The van der Waals surface area contributed by atoms with Gasteiger partial charge in [0.2, 0.25) is 33.7 Å². The Morgan fingerprint density at radius 3 is 2.38 bits per heavy atom. The van der Waals surface area contributed by atoms with Crippen LogP contribution in [0.4, 0.5) is 9.18 Å². The zero-order chi connectivity index (χ0) is 36.1. The summed E-state index contributed by atoms with van der Waals surface area (Å²) in [6, 6.07) is 2.09. The van der Waals surface area contributed by atoms with Crippen molar-refractivity contribution in [3.8, 4) is 0 Å². The molecule has 17 heteroatoms. The van der Waals surface area contributed by atoms with Crippen LogP contribution in [0.2, 0.25) is 0 Å². The minimum absolute atomic E-state index is 0.0311. The van der Waals surface area contributed by atoms with Gasteiger partial charge in [0, 0.05) is 50.4 Å². The molecule has 3 aliphatic heterocycles. The summed E-state index contributed by atoms with van der Waals surface area (Å²) in [5.74, 6) is -4.81. The quantitative estimate of drug-likeness (QED) is 0.210. The van der Waals surface area contributed by atoms with Crippen LogP contribution in [-0.2, 0) is 51.8 Å². The van der Waals surface area contributed by atoms with Crippen LogP contribution in [-0.4, -0.2) is 107 Å². The van der Waals surface area contributed by atoms with E-state index in [2.05, 4.69) is 28.5 Å². The van der Waals surface area contributed by atoms with E-state index in [0.29, 0.717) is 24.0 Å². The highest BCUT2D eigenvalue weighted by atomic mass is 32.2. The highest BCUT2D eigenvalue weighted by Crippen LogP contribution is 2.45. The van der Waals surface area contributed by atoms with Crippen LogP contribution < -0.4 is 15.4 Å². The van der Waals surface area contributed by atoms with Gasteiger partial charge in [0.1, 0.15) is 29.5 Å². The van der Waals surface area contributed by atoms with E-state index in [-0.39, 0.29) is 51.5 Å². The van der Waals surface area contributed by atoms with E-state index < -0.39 is 86.4 Å². The average molecular weight is 715 g/mol. The third-order valence-corrected chi connectivity index (χ3v) is 11.9. The molecule has 2 unspecified atom stereocenters. The molecule has 0 aromatic heterocycles. The van der Waals surface area contributed by atoms with Crippen molar-refractivity contribution in [2.75, 3.05) is 19.6 Å². The van der Waals surface area contributed by atoms with Crippen LogP contribution in [0, 0.1) is 17.7 Å². The van der Waals surface area contributed by atoms with E-state index in [9.17, 15) is 41.6 Å². The van der Waals surface area contributed by atoms with Gasteiger partial charge in [-0.05, 0) is 37.0 Å². The van der Waals surface area contributed by atoms with Crippen molar-refractivity contribution in [2.45, 2.75) is 74.7 Å². The first-order valence-corrected chi connectivity index (χ1v) is 17.9. The third kappa shape index (κ3) is 6.69. The minimum Gasteiger partial charge on any atom is -0.444 e. The van der Waals surface area contributed by atoms with Crippen LogP contribution in [0.3, 0.4) is 0 Å². The number of ether oxygens (including phenoxy) is 1. The summed E-state index contributed by atoms with van der Waals surface area (Å²) in [4.78, 5) is 83.1. The SMILES string of the molecule is C=CC(=O)N1CC(C(NC(C)=O)C(=O)N2C[C@H](OC(=O)N3Cc4cccc(F)c4C3)C[C@H]2C(=O)N[C@]2(C(=O)NS(=O)(=O)C3CC3)CC2C=C)C1. The lowest BCUT2D eigenvalue weighted by Gasteiger charge is -2.43. The second-order valence-electron chi connectivity index (χ2n) is 13.5. The van der Waals surface area contributed by atoms with Gasteiger partial charge in [-0.3, -0.25) is 33.6 Å². The molecule has 0 radical (unpaired) electrons. The Bertz CT molecular complexity index is 1780. The van der Waals surface area contributed by atoms with Crippen LogP contribution in [0.25, 0.3) is 0 Å². The van der Waals surface area contributed by atoms with Gasteiger partial charge in [0.15, 0.2) is 0 Å². The van der Waals surface area contributed by atoms with E-state index >= 15 is 0 Å².